The van der Waals surface area contributed by atoms with Crippen molar-refractivity contribution >= 4 is 12.0 Å². The van der Waals surface area contributed by atoms with Gasteiger partial charge in [-0.2, -0.15) is 0 Å². The maximum atomic E-state index is 14.0. The number of likely N-dealkylation sites (tertiary alicyclic amines) is 1. The fourth-order valence-electron chi connectivity index (χ4n) is 3.57. The van der Waals surface area contributed by atoms with Crippen LogP contribution in [-0.4, -0.2) is 28.5 Å². The highest BCUT2D eigenvalue weighted by Crippen LogP contribution is 2.49. The van der Waals surface area contributed by atoms with Gasteiger partial charge in [0.15, 0.2) is 11.6 Å². The third-order valence-corrected chi connectivity index (χ3v) is 4.49. The van der Waals surface area contributed by atoms with E-state index < -0.39 is 52.9 Å². The minimum absolute atomic E-state index is 0.0152. The molecule has 3 rings (SSSR count). The number of nitrogens with zero attached hydrogens (tertiary/aromatic N) is 1. The molecule has 0 unspecified atom stereocenters. The van der Waals surface area contributed by atoms with Crippen molar-refractivity contribution in [1.29, 1.82) is 0 Å². The normalized spacial score (nSPS) is 26.2. The van der Waals surface area contributed by atoms with Crippen LogP contribution in [0.25, 0.3) is 0 Å². The van der Waals surface area contributed by atoms with E-state index in [0.29, 0.717) is 18.9 Å². The molecule has 1 aromatic carbocycles. The Kier molecular flexibility index (Phi) is 3.85. The van der Waals surface area contributed by atoms with Crippen molar-refractivity contribution in [3.05, 3.63) is 35.1 Å². The third-order valence-electron chi connectivity index (χ3n) is 4.49. The maximum Gasteiger partial charge on any atom is 0.417 e. The fourth-order valence-corrected chi connectivity index (χ4v) is 3.57. The topological polar surface area (TPSA) is 46.6 Å². The van der Waals surface area contributed by atoms with Crippen LogP contribution in [-0.2, 0) is 9.53 Å². The molecule has 2 fully saturated rings. The summed E-state index contributed by atoms with van der Waals surface area (Å²) in [5.41, 5.74) is -0.747. The number of hydrogen-bond donors (Lipinski definition) is 0. The van der Waals surface area contributed by atoms with Gasteiger partial charge in [0.2, 0.25) is 5.91 Å². The molecular weight excluding hydrogens is 323 g/mol. The molecule has 1 saturated heterocycles. The summed E-state index contributed by atoms with van der Waals surface area (Å²) < 4.78 is 45.7. The lowest BCUT2D eigenvalue weighted by Crippen LogP contribution is -2.46. The number of imide groups is 1. The zero-order valence-corrected chi connectivity index (χ0v) is 13.6. The number of fused-ring (bicyclic) bond motifs is 2. The van der Waals surface area contributed by atoms with E-state index in [2.05, 4.69) is 0 Å². The zero-order valence-electron chi connectivity index (χ0n) is 13.6. The Morgan fingerprint density at radius 1 is 1.08 bits per heavy atom. The third kappa shape index (κ3) is 2.76. The molecule has 2 aliphatic rings. The van der Waals surface area contributed by atoms with Gasteiger partial charge in [0.25, 0.3) is 0 Å². The van der Waals surface area contributed by atoms with Crippen molar-refractivity contribution in [3.63, 3.8) is 0 Å². The van der Waals surface area contributed by atoms with Crippen LogP contribution in [0.5, 0.6) is 0 Å². The van der Waals surface area contributed by atoms with Gasteiger partial charge in [-0.05, 0) is 45.2 Å². The van der Waals surface area contributed by atoms with Gasteiger partial charge >= 0.3 is 6.09 Å². The summed E-state index contributed by atoms with van der Waals surface area (Å²) in [4.78, 5) is 25.7. The van der Waals surface area contributed by atoms with E-state index in [4.69, 9.17) is 4.74 Å². The molecule has 0 radical (unpaired) electrons. The van der Waals surface area contributed by atoms with Gasteiger partial charge in [-0.1, -0.05) is 0 Å². The number of benzene rings is 1. The van der Waals surface area contributed by atoms with Gasteiger partial charge in [-0.25, -0.2) is 22.9 Å². The van der Waals surface area contributed by atoms with Crippen molar-refractivity contribution in [2.45, 2.75) is 51.2 Å². The van der Waals surface area contributed by atoms with E-state index in [1.807, 2.05) is 0 Å². The Morgan fingerprint density at radius 2 is 1.67 bits per heavy atom. The number of amides is 2. The second kappa shape index (κ2) is 5.50. The first kappa shape index (κ1) is 16.8. The maximum absolute atomic E-state index is 14.0. The molecule has 3 atom stereocenters. The zero-order chi connectivity index (χ0) is 17.8. The quantitative estimate of drug-likeness (QED) is 0.731. The second-order valence-corrected chi connectivity index (χ2v) is 7.31. The fraction of sp³-hybridized carbons (Fsp3) is 0.529. The molecule has 1 heterocycles. The van der Waals surface area contributed by atoms with Crippen molar-refractivity contribution in [1.82, 2.24) is 4.90 Å². The first-order chi connectivity index (χ1) is 11.1. The van der Waals surface area contributed by atoms with Crippen LogP contribution in [0.15, 0.2) is 12.1 Å². The first-order valence-corrected chi connectivity index (χ1v) is 7.79. The molecule has 0 N–H and O–H groups in total. The van der Waals surface area contributed by atoms with Gasteiger partial charge in [-0.15, -0.1) is 0 Å². The number of piperidine rings is 1. The van der Waals surface area contributed by atoms with E-state index in [0.717, 1.165) is 11.0 Å². The minimum atomic E-state index is -1.26. The average molecular weight is 341 g/mol. The number of carbonyl (C=O) groups excluding carboxylic acids is 2. The predicted molar refractivity (Wildman–Crippen MR) is 78.6 cm³/mol. The van der Waals surface area contributed by atoms with E-state index in [1.54, 1.807) is 20.8 Å². The molecule has 1 aliphatic carbocycles. The Morgan fingerprint density at radius 3 is 2.25 bits per heavy atom. The van der Waals surface area contributed by atoms with Crippen LogP contribution >= 0.6 is 0 Å². The lowest BCUT2D eigenvalue weighted by Gasteiger charge is -2.32. The van der Waals surface area contributed by atoms with Gasteiger partial charge in [0.1, 0.15) is 11.4 Å². The molecule has 24 heavy (non-hydrogen) atoms. The van der Waals surface area contributed by atoms with Crippen molar-refractivity contribution in [3.8, 4) is 0 Å². The van der Waals surface area contributed by atoms with Gasteiger partial charge in [0, 0.05) is 23.9 Å². The number of rotatable bonds is 1. The number of hydrogen-bond acceptors (Lipinski definition) is 3. The molecule has 1 saturated carbocycles. The van der Waals surface area contributed by atoms with Crippen LogP contribution < -0.4 is 0 Å². The predicted octanol–water partition coefficient (Wildman–Crippen LogP) is 3.74. The Labute approximate surface area is 137 Å². The number of carbonyl (C=O) groups is 2. The Bertz CT molecular complexity index is 714. The van der Waals surface area contributed by atoms with E-state index in [9.17, 15) is 22.8 Å². The van der Waals surface area contributed by atoms with E-state index >= 15 is 0 Å². The Hall–Kier alpha value is -2.05. The molecule has 4 nitrogen and oxygen atoms in total. The highest BCUT2D eigenvalue weighted by atomic mass is 19.2. The summed E-state index contributed by atoms with van der Waals surface area (Å²) in [5.74, 6) is -4.91. The van der Waals surface area contributed by atoms with Gasteiger partial charge < -0.3 is 4.74 Å². The lowest BCUT2D eigenvalue weighted by molar-refractivity contribution is -0.133. The van der Waals surface area contributed by atoms with Crippen LogP contribution in [0.1, 0.15) is 45.1 Å². The highest BCUT2D eigenvalue weighted by Gasteiger charge is 2.54. The molecule has 2 bridgehead atoms. The summed E-state index contributed by atoms with van der Waals surface area (Å²) in [6, 6.07) is 0.892. The SMILES string of the molecule is CC(C)(C)OC(=O)N1C(=O)[C@H]2C[C@@H]1C[C@@H]2c1cc(F)c(F)cc1F. The van der Waals surface area contributed by atoms with Crippen molar-refractivity contribution in [2.24, 2.45) is 5.92 Å². The monoisotopic (exact) mass is 341 g/mol. The molecule has 0 spiro atoms. The average Bonchev–Trinajstić information content (AvgIpc) is 2.98. The summed E-state index contributed by atoms with van der Waals surface area (Å²) >= 11 is 0. The van der Waals surface area contributed by atoms with Gasteiger partial charge in [-0.3, -0.25) is 4.79 Å². The summed E-state index contributed by atoms with van der Waals surface area (Å²) in [5, 5.41) is 0. The summed E-state index contributed by atoms with van der Waals surface area (Å²) in [6.07, 6.45) is -0.0251. The molecule has 2 amide bonds. The van der Waals surface area contributed by atoms with Gasteiger partial charge in [0.05, 0.1) is 0 Å². The van der Waals surface area contributed by atoms with Crippen LogP contribution in [0.3, 0.4) is 0 Å². The van der Waals surface area contributed by atoms with E-state index in [1.165, 1.54) is 0 Å². The number of halogens is 3. The molecule has 130 valence electrons. The number of ether oxygens (including phenoxy) is 1. The van der Waals surface area contributed by atoms with Crippen LogP contribution in [0, 0.1) is 23.4 Å². The highest BCUT2D eigenvalue weighted by molar-refractivity contribution is 5.97. The molecule has 1 aromatic rings. The minimum Gasteiger partial charge on any atom is -0.443 e. The van der Waals surface area contributed by atoms with Crippen molar-refractivity contribution < 1.29 is 27.5 Å². The molecule has 7 heteroatoms. The van der Waals surface area contributed by atoms with E-state index in [-0.39, 0.29) is 5.56 Å². The summed E-state index contributed by atoms with van der Waals surface area (Å²) in [6.45, 7) is 5.09. The standard InChI is InChI=1S/C17H18F3NO3/c1-17(2,3)24-16(23)21-8-4-9(11(5-8)15(21)22)10-6-13(19)14(20)7-12(10)18/h6-9,11H,4-5H2,1-3H3/t8-,9+,11-/m0/s1. The van der Waals surface area contributed by atoms with Crippen molar-refractivity contribution in [2.75, 3.05) is 0 Å². The smallest absolute Gasteiger partial charge is 0.417 e. The first-order valence-electron chi connectivity index (χ1n) is 7.79. The van der Waals surface area contributed by atoms with Crippen LogP contribution in [0.2, 0.25) is 0 Å². The molecular formula is C17H18F3NO3. The van der Waals surface area contributed by atoms with Crippen LogP contribution in [0.4, 0.5) is 18.0 Å². The second-order valence-electron chi connectivity index (χ2n) is 7.31. The molecule has 0 aromatic heterocycles. The largest absolute Gasteiger partial charge is 0.443 e. The lowest BCUT2D eigenvalue weighted by atomic mass is 9.86. The summed E-state index contributed by atoms with van der Waals surface area (Å²) in [7, 11) is 0. The Balaban J connectivity index is 1.82. The molecule has 1 aliphatic heterocycles.